The third-order valence-electron chi connectivity index (χ3n) is 4.39. The number of thiophene rings is 1. The molecule has 1 aliphatic rings. The maximum atomic E-state index is 12.6. The van der Waals surface area contributed by atoms with Crippen molar-refractivity contribution in [2.24, 2.45) is 0 Å². The van der Waals surface area contributed by atoms with Crippen LogP contribution in [0.2, 0.25) is 0 Å². The minimum Gasteiger partial charge on any atom is -0.508 e. The molecule has 1 amide bonds. The average Bonchev–Trinajstić information content (AvgIpc) is 3.19. The first-order valence-corrected chi connectivity index (χ1v) is 11.0. The Balaban J connectivity index is 1.51. The van der Waals surface area contributed by atoms with E-state index in [1.54, 1.807) is 41.5 Å². The van der Waals surface area contributed by atoms with E-state index in [-0.39, 0.29) is 17.7 Å². The number of rotatable bonds is 6. The number of nitrogens with zero attached hydrogens (tertiary/aromatic N) is 1. The summed E-state index contributed by atoms with van der Waals surface area (Å²) in [7, 11) is -3.49. The van der Waals surface area contributed by atoms with Crippen LogP contribution in [0.5, 0.6) is 11.5 Å². The van der Waals surface area contributed by atoms with Crippen molar-refractivity contribution in [3.63, 3.8) is 0 Å². The number of phenols is 1. The number of carbonyl (C=O) groups is 1. The maximum Gasteiger partial charge on any atom is 0.263 e. The fraction of sp³-hybridized carbons (Fsp3) is 0.389. The summed E-state index contributed by atoms with van der Waals surface area (Å²) in [6, 6.07) is 9.30. The number of carbonyl (C=O) groups excluding carboxylic acids is 1. The fourth-order valence-corrected chi connectivity index (χ4v) is 5.26. The van der Waals surface area contributed by atoms with Crippen LogP contribution in [-0.4, -0.2) is 49.6 Å². The fourth-order valence-electron chi connectivity index (χ4n) is 2.95. The Morgan fingerprint density at radius 1 is 1.26 bits per heavy atom. The van der Waals surface area contributed by atoms with E-state index < -0.39 is 16.1 Å². The van der Waals surface area contributed by atoms with Crippen molar-refractivity contribution in [3.05, 3.63) is 41.8 Å². The molecule has 2 heterocycles. The van der Waals surface area contributed by atoms with E-state index in [0.717, 1.165) is 0 Å². The van der Waals surface area contributed by atoms with E-state index in [9.17, 15) is 18.3 Å². The molecule has 0 saturated carbocycles. The quantitative estimate of drug-likeness (QED) is 0.761. The van der Waals surface area contributed by atoms with Gasteiger partial charge in [0.15, 0.2) is 6.10 Å². The second-order valence-electron chi connectivity index (χ2n) is 6.41. The van der Waals surface area contributed by atoms with Crippen molar-refractivity contribution in [2.45, 2.75) is 36.1 Å². The van der Waals surface area contributed by atoms with Crippen LogP contribution >= 0.6 is 11.3 Å². The zero-order valence-electron chi connectivity index (χ0n) is 14.9. The number of ether oxygens (including phenoxy) is 1. The number of amides is 1. The Labute approximate surface area is 162 Å². The van der Waals surface area contributed by atoms with Crippen molar-refractivity contribution in [2.75, 3.05) is 13.1 Å². The van der Waals surface area contributed by atoms with E-state index in [4.69, 9.17) is 4.74 Å². The van der Waals surface area contributed by atoms with Crippen LogP contribution in [0.3, 0.4) is 0 Å². The molecule has 1 saturated heterocycles. The van der Waals surface area contributed by atoms with Crippen molar-refractivity contribution in [3.8, 4) is 11.5 Å². The van der Waals surface area contributed by atoms with E-state index in [1.807, 2.05) is 0 Å². The molecule has 0 radical (unpaired) electrons. The number of benzene rings is 1. The molecule has 0 spiro atoms. The van der Waals surface area contributed by atoms with Gasteiger partial charge in [0.1, 0.15) is 15.7 Å². The number of piperidine rings is 1. The summed E-state index contributed by atoms with van der Waals surface area (Å²) in [6.45, 7) is 2.63. The van der Waals surface area contributed by atoms with E-state index in [2.05, 4.69) is 4.72 Å². The number of nitrogens with one attached hydrogen (secondary N) is 1. The van der Waals surface area contributed by atoms with Gasteiger partial charge >= 0.3 is 0 Å². The van der Waals surface area contributed by atoms with Crippen molar-refractivity contribution in [1.82, 2.24) is 9.62 Å². The molecular weight excluding hydrogens is 388 g/mol. The lowest BCUT2D eigenvalue weighted by molar-refractivity contribution is -0.139. The minimum atomic E-state index is -3.49. The van der Waals surface area contributed by atoms with E-state index in [0.29, 0.717) is 35.9 Å². The summed E-state index contributed by atoms with van der Waals surface area (Å²) in [6.07, 6.45) is 0.457. The normalized spacial score (nSPS) is 16.9. The summed E-state index contributed by atoms with van der Waals surface area (Å²) in [5.41, 5.74) is 0. The van der Waals surface area contributed by atoms with Crippen LogP contribution in [-0.2, 0) is 14.8 Å². The van der Waals surface area contributed by atoms with Gasteiger partial charge in [0.05, 0.1) is 0 Å². The summed E-state index contributed by atoms with van der Waals surface area (Å²) >= 11 is 1.18. The van der Waals surface area contributed by atoms with Crippen molar-refractivity contribution >= 4 is 27.3 Å². The highest BCUT2D eigenvalue weighted by molar-refractivity contribution is 7.91. The first kappa shape index (κ1) is 19.7. The van der Waals surface area contributed by atoms with Gasteiger partial charge in [0.2, 0.25) is 10.0 Å². The van der Waals surface area contributed by atoms with E-state index >= 15 is 0 Å². The van der Waals surface area contributed by atoms with Crippen LogP contribution in [0.4, 0.5) is 0 Å². The predicted molar refractivity (Wildman–Crippen MR) is 102 cm³/mol. The van der Waals surface area contributed by atoms with Gasteiger partial charge in [0.25, 0.3) is 5.91 Å². The number of phenolic OH excluding ortho intramolecular Hbond substituents is 1. The number of likely N-dealkylation sites (tertiary alicyclic amines) is 1. The van der Waals surface area contributed by atoms with Crippen molar-refractivity contribution < 1.29 is 23.1 Å². The number of sulfonamides is 1. The summed E-state index contributed by atoms with van der Waals surface area (Å²) in [5, 5.41) is 11.0. The molecule has 1 aliphatic heterocycles. The van der Waals surface area contributed by atoms with Crippen LogP contribution in [0.15, 0.2) is 46.0 Å². The molecule has 1 fully saturated rings. The molecule has 2 aromatic rings. The first-order chi connectivity index (χ1) is 12.8. The van der Waals surface area contributed by atoms with Crippen LogP contribution in [0, 0.1) is 0 Å². The lowest BCUT2D eigenvalue weighted by Crippen LogP contribution is -2.49. The van der Waals surface area contributed by atoms with Crippen LogP contribution in [0.1, 0.15) is 19.8 Å². The summed E-state index contributed by atoms with van der Waals surface area (Å²) in [5.74, 6) is 0.503. The van der Waals surface area contributed by atoms with Gasteiger partial charge in [-0.3, -0.25) is 4.79 Å². The molecule has 2 N–H and O–H groups in total. The SMILES string of the molecule is CC(Oc1ccc(O)cc1)C(=O)N1CCC(NS(=O)(=O)c2cccs2)CC1. The topological polar surface area (TPSA) is 95.9 Å². The Hall–Kier alpha value is -2.10. The Bertz CT molecular complexity index is 858. The van der Waals surface area contributed by atoms with Crippen LogP contribution in [0.25, 0.3) is 0 Å². The summed E-state index contributed by atoms with van der Waals surface area (Å²) in [4.78, 5) is 14.3. The molecule has 1 aromatic heterocycles. The molecule has 0 bridgehead atoms. The molecule has 3 rings (SSSR count). The molecule has 146 valence electrons. The van der Waals surface area contributed by atoms with Gasteiger partial charge < -0.3 is 14.7 Å². The van der Waals surface area contributed by atoms with Crippen molar-refractivity contribution in [1.29, 1.82) is 0 Å². The Morgan fingerprint density at radius 3 is 2.52 bits per heavy atom. The standard InChI is InChI=1S/C18H22N2O5S2/c1-13(25-16-6-4-15(21)5-7-16)18(22)20-10-8-14(9-11-20)19-27(23,24)17-3-2-12-26-17/h2-7,12-14,19,21H,8-11H2,1H3. The van der Waals surface area contributed by atoms with Gasteiger partial charge in [-0.05, 0) is 55.5 Å². The molecule has 7 nitrogen and oxygen atoms in total. The Kier molecular flexibility index (Phi) is 6.03. The molecule has 9 heteroatoms. The van der Waals surface area contributed by atoms with E-state index in [1.165, 1.54) is 23.5 Å². The predicted octanol–water partition coefficient (Wildman–Crippen LogP) is 2.19. The lowest BCUT2D eigenvalue weighted by Gasteiger charge is -2.33. The highest BCUT2D eigenvalue weighted by Gasteiger charge is 2.29. The molecule has 0 aliphatic carbocycles. The van der Waals surface area contributed by atoms with Crippen LogP contribution < -0.4 is 9.46 Å². The molecule has 1 unspecified atom stereocenters. The van der Waals surface area contributed by atoms with Gasteiger partial charge in [-0.15, -0.1) is 11.3 Å². The summed E-state index contributed by atoms with van der Waals surface area (Å²) < 4.78 is 33.2. The highest BCUT2D eigenvalue weighted by atomic mass is 32.2. The number of hydrogen-bond donors (Lipinski definition) is 2. The third-order valence-corrected chi connectivity index (χ3v) is 7.30. The zero-order valence-corrected chi connectivity index (χ0v) is 16.5. The molecule has 1 atom stereocenters. The van der Waals surface area contributed by atoms with Gasteiger partial charge in [-0.25, -0.2) is 13.1 Å². The maximum absolute atomic E-state index is 12.6. The third kappa shape index (κ3) is 5.00. The minimum absolute atomic E-state index is 0.133. The second-order valence-corrected chi connectivity index (χ2v) is 9.30. The Morgan fingerprint density at radius 2 is 1.93 bits per heavy atom. The molecule has 27 heavy (non-hydrogen) atoms. The van der Waals surface area contributed by atoms with Gasteiger partial charge in [0, 0.05) is 19.1 Å². The van der Waals surface area contributed by atoms with Gasteiger partial charge in [-0.2, -0.15) is 0 Å². The average molecular weight is 411 g/mol. The molecular formula is C18H22N2O5S2. The smallest absolute Gasteiger partial charge is 0.263 e. The number of hydrogen-bond acceptors (Lipinski definition) is 6. The lowest BCUT2D eigenvalue weighted by atomic mass is 10.1. The second kappa shape index (κ2) is 8.28. The number of aromatic hydroxyl groups is 1. The molecule has 1 aromatic carbocycles. The largest absolute Gasteiger partial charge is 0.508 e. The van der Waals surface area contributed by atoms with Gasteiger partial charge in [-0.1, -0.05) is 6.07 Å². The highest BCUT2D eigenvalue weighted by Crippen LogP contribution is 2.21. The first-order valence-electron chi connectivity index (χ1n) is 8.65. The zero-order chi connectivity index (χ0) is 19.4. The monoisotopic (exact) mass is 410 g/mol.